The average molecular weight is 163 g/mol. The van der Waals surface area contributed by atoms with Gasteiger partial charge in [0.15, 0.2) is 0 Å². The average Bonchev–Trinajstić information content (AvgIpc) is 2.51. The molecular weight excluding hydrogens is 154 g/mol. The van der Waals surface area contributed by atoms with Gasteiger partial charge < -0.3 is 10.1 Å². The summed E-state index contributed by atoms with van der Waals surface area (Å²) in [6.07, 6.45) is 3.99. The molecule has 0 aromatic carbocycles. The number of rotatable bonds is 2. The number of hydrogen-bond donors (Lipinski definition) is 2. The third kappa shape index (κ3) is 1.16. The molecule has 0 saturated heterocycles. The second-order valence-corrected chi connectivity index (χ2v) is 2.55. The summed E-state index contributed by atoms with van der Waals surface area (Å²) in [4.78, 5) is 11.2. The monoisotopic (exact) mass is 163 g/mol. The fraction of sp³-hybridized carbons (Fsp3) is 0.250. The van der Waals surface area contributed by atoms with Crippen molar-refractivity contribution in [3.8, 4) is 11.4 Å². The molecule has 2 N–H and O–H groups in total. The molecule has 0 spiro atoms. The molecule has 0 aromatic rings. The number of aromatic nitrogens is 3. The first kappa shape index (κ1) is 7.24. The molecule has 4 heteroatoms. The second-order valence-electron chi connectivity index (χ2n) is 2.55. The van der Waals surface area contributed by atoms with E-state index in [2.05, 4.69) is 15.0 Å². The van der Waals surface area contributed by atoms with Crippen LogP contribution in [0.2, 0.25) is 0 Å². The van der Waals surface area contributed by atoms with Crippen molar-refractivity contribution in [1.82, 2.24) is 15.0 Å². The van der Waals surface area contributed by atoms with E-state index in [-0.39, 0.29) is 6.61 Å². The summed E-state index contributed by atoms with van der Waals surface area (Å²) in [5.74, 6) is 0.790. The Morgan fingerprint density at radius 2 is 2.33 bits per heavy atom. The molecule has 4 nitrogen and oxygen atoms in total. The Morgan fingerprint density at radius 3 is 3.17 bits per heavy atom. The Hall–Kier alpha value is -1.42. The minimum Gasteiger partial charge on any atom is -0.396 e. The van der Waals surface area contributed by atoms with Crippen LogP contribution in [0.4, 0.5) is 0 Å². The molecule has 2 aliphatic heterocycles. The molecule has 0 aromatic heterocycles. The van der Waals surface area contributed by atoms with Gasteiger partial charge in [-0.15, -0.1) is 0 Å². The van der Waals surface area contributed by atoms with Crippen molar-refractivity contribution in [2.24, 2.45) is 0 Å². The number of hydrogen-bond acceptors (Lipinski definition) is 3. The first-order chi connectivity index (χ1) is 5.90. The van der Waals surface area contributed by atoms with Crippen molar-refractivity contribution >= 4 is 0 Å². The van der Waals surface area contributed by atoms with Gasteiger partial charge in [-0.25, -0.2) is 4.98 Å². The van der Waals surface area contributed by atoms with Gasteiger partial charge in [0.25, 0.3) is 0 Å². The van der Waals surface area contributed by atoms with Gasteiger partial charge in [0.2, 0.25) is 0 Å². The highest BCUT2D eigenvalue weighted by Gasteiger charge is 2.04. The molecule has 0 atom stereocenters. The van der Waals surface area contributed by atoms with E-state index in [9.17, 15) is 0 Å². The molecule has 2 heterocycles. The zero-order valence-corrected chi connectivity index (χ0v) is 6.49. The lowest BCUT2D eigenvalue weighted by Gasteiger charge is -2.01. The normalized spacial score (nSPS) is 10.8. The molecule has 0 fully saturated rings. The smallest absolute Gasteiger partial charge is 0.108 e. The van der Waals surface area contributed by atoms with Gasteiger partial charge in [-0.3, -0.25) is 4.98 Å². The van der Waals surface area contributed by atoms with Crippen LogP contribution in [0.1, 0.15) is 5.82 Å². The van der Waals surface area contributed by atoms with E-state index in [1.165, 1.54) is 0 Å². The summed E-state index contributed by atoms with van der Waals surface area (Å²) in [5.41, 5.74) is 1.82. The zero-order valence-electron chi connectivity index (χ0n) is 6.49. The lowest BCUT2D eigenvalue weighted by Crippen LogP contribution is -1.99. The number of aliphatic hydroxyl groups excluding tert-OH is 1. The summed E-state index contributed by atoms with van der Waals surface area (Å²) in [6.45, 7) is 0.114. The summed E-state index contributed by atoms with van der Waals surface area (Å²) >= 11 is 0. The van der Waals surface area contributed by atoms with E-state index in [1.807, 2.05) is 6.07 Å². The fourth-order valence-corrected chi connectivity index (χ4v) is 1.12. The van der Waals surface area contributed by atoms with Crippen LogP contribution < -0.4 is 0 Å². The third-order valence-corrected chi connectivity index (χ3v) is 1.70. The molecule has 0 bridgehead atoms. The Morgan fingerprint density at radius 1 is 1.42 bits per heavy atom. The Bertz CT molecular complexity index is 344. The zero-order chi connectivity index (χ0) is 8.39. The minimum absolute atomic E-state index is 0.114. The quantitative estimate of drug-likeness (QED) is 0.675. The van der Waals surface area contributed by atoms with Gasteiger partial charge in [-0.1, -0.05) is 0 Å². The van der Waals surface area contributed by atoms with Crippen LogP contribution in [0.5, 0.6) is 0 Å². The molecule has 0 aliphatic carbocycles. The summed E-state index contributed by atoms with van der Waals surface area (Å²) in [5, 5.41) is 8.67. The molecule has 0 saturated carbocycles. The number of nitrogens with one attached hydrogen (secondary N) is 1. The number of fused-ring (bicyclic) bond motifs is 1. The van der Waals surface area contributed by atoms with Crippen molar-refractivity contribution in [2.45, 2.75) is 6.42 Å². The van der Waals surface area contributed by atoms with Crippen molar-refractivity contribution in [3.05, 3.63) is 24.3 Å². The van der Waals surface area contributed by atoms with Crippen molar-refractivity contribution in [2.75, 3.05) is 6.61 Å². The van der Waals surface area contributed by atoms with E-state index in [4.69, 9.17) is 5.11 Å². The molecular formula is C8H9N3O. The molecule has 12 heavy (non-hydrogen) atoms. The van der Waals surface area contributed by atoms with E-state index >= 15 is 0 Å². The van der Waals surface area contributed by atoms with E-state index in [0.717, 1.165) is 17.2 Å². The predicted octanol–water partition coefficient (Wildman–Crippen LogP) is 0.444. The van der Waals surface area contributed by atoms with Crippen molar-refractivity contribution in [3.63, 3.8) is 0 Å². The SMILES string of the molecule is OCCc1ncc2nccc-2[nH]1. The first-order valence-electron chi connectivity index (χ1n) is 3.79. The topological polar surface area (TPSA) is 61.8 Å². The lowest BCUT2D eigenvalue weighted by molar-refractivity contribution is 0.296. The van der Waals surface area contributed by atoms with Crippen molar-refractivity contribution < 1.29 is 5.11 Å². The molecule has 62 valence electrons. The van der Waals surface area contributed by atoms with Crippen LogP contribution in [0.3, 0.4) is 0 Å². The molecule has 0 unspecified atom stereocenters. The maximum atomic E-state index is 8.67. The van der Waals surface area contributed by atoms with E-state index in [0.29, 0.717) is 6.42 Å². The molecule has 0 radical (unpaired) electrons. The lowest BCUT2D eigenvalue weighted by atomic mass is 10.3. The van der Waals surface area contributed by atoms with Gasteiger partial charge in [0.05, 0.1) is 18.5 Å². The van der Waals surface area contributed by atoms with Crippen LogP contribution in [0, 0.1) is 0 Å². The highest BCUT2D eigenvalue weighted by atomic mass is 16.3. The van der Waals surface area contributed by atoms with Crippen LogP contribution in [-0.2, 0) is 6.42 Å². The Kier molecular flexibility index (Phi) is 1.75. The summed E-state index contributed by atoms with van der Waals surface area (Å²) < 4.78 is 0. The summed E-state index contributed by atoms with van der Waals surface area (Å²) in [6, 6.07) is 1.89. The predicted molar refractivity (Wildman–Crippen MR) is 43.8 cm³/mol. The number of H-pyrrole nitrogens is 1. The van der Waals surface area contributed by atoms with Gasteiger partial charge in [-0.05, 0) is 6.07 Å². The van der Waals surface area contributed by atoms with E-state index < -0.39 is 0 Å². The van der Waals surface area contributed by atoms with Crippen LogP contribution >= 0.6 is 0 Å². The first-order valence-corrected chi connectivity index (χ1v) is 3.79. The number of nitrogens with zero attached hydrogens (tertiary/aromatic N) is 2. The van der Waals surface area contributed by atoms with Gasteiger partial charge >= 0.3 is 0 Å². The Balaban J connectivity index is 2.40. The summed E-state index contributed by atoms with van der Waals surface area (Å²) in [7, 11) is 0. The standard InChI is InChI=1S/C8H9N3O/c12-4-2-8-10-5-7-6(11-8)1-3-9-7/h1,3,5,12H,2,4H2,(H,10,11). The highest BCUT2D eigenvalue weighted by Crippen LogP contribution is 2.14. The molecule has 2 rings (SSSR count). The number of aliphatic hydroxyl groups is 1. The third-order valence-electron chi connectivity index (χ3n) is 1.70. The maximum absolute atomic E-state index is 8.67. The highest BCUT2D eigenvalue weighted by molar-refractivity contribution is 5.54. The van der Waals surface area contributed by atoms with Gasteiger partial charge in [-0.2, -0.15) is 0 Å². The fourth-order valence-electron chi connectivity index (χ4n) is 1.12. The van der Waals surface area contributed by atoms with Gasteiger partial charge in [0, 0.05) is 12.6 Å². The largest absolute Gasteiger partial charge is 0.396 e. The number of aromatic amines is 1. The van der Waals surface area contributed by atoms with Crippen molar-refractivity contribution in [1.29, 1.82) is 0 Å². The van der Waals surface area contributed by atoms with E-state index in [1.54, 1.807) is 12.4 Å². The van der Waals surface area contributed by atoms with Crippen LogP contribution in [0.15, 0.2) is 18.5 Å². The van der Waals surface area contributed by atoms with Gasteiger partial charge in [0.1, 0.15) is 11.5 Å². The van der Waals surface area contributed by atoms with Crippen LogP contribution in [-0.4, -0.2) is 26.7 Å². The maximum Gasteiger partial charge on any atom is 0.108 e. The Labute approximate surface area is 69.6 Å². The van der Waals surface area contributed by atoms with Crippen LogP contribution in [0.25, 0.3) is 11.4 Å². The molecule has 2 aliphatic rings. The molecule has 0 amide bonds. The second kappa shape index (κ2) is 2.91. The minimum atomic E-state index is 0.114.